The van der Waals surface area contributed by atoms with Crippen LogP contribution >= 0.6 is 0 Å². The zero-order valence-electron chi connectivity index (χ0n) is 7.20. The summed E-state index contributed by atoms with van der Waals surface area (Å²) in [5, 5.41) is -0.901. The molecule has 0 spiro atoms. The highest BCUT2D eigenvalue weighted by atomic mass is 32.3. The quantitative estimate of drug-likeness (QED) is 0.506. The fourth-order valence-electron chi connectivity index (χ4n) is 1.39. The summed E-state index contributed by atoms with van der Waals surface area (Å²) in [5.41, 5.74) is 0. The van der Waals surface area contributed by atoms with Crippen LogP contribution < -0.4 is 0 Å². The molecule has 1 rings (SSSR count). The first-order valence-corrected chi connectivity index (χ1v) is 5.38. The second kappa shape index (κ2) is 3.61. The summed E-state index contributed by atoms with van der Waals surface area (Å²) in [7, 11) is -3.13. The van der Waals surface area contributed by atoms with Gasteiger partial charge < -0.3 is 4.74 Å². The normalized spacial score (nSPS) is 27.8. The molecule has 76 valence electrons. The second-order valence-electron chi connectivity index (χ2n) is 3.22. The van der Waals surface area contributed by atoms with Gasteiger partial charge in [-0.2, -0.15) is 8.42 Å². The minimum atomic E-state index is -4.39. The van der Waals surface area contributed by atoms with Crippen molar-refractivity contribution in [1.82, 2.24) is 0 Å². The van der Waals surface area contributed by atoms with Gasteiger partial charge >= 0.3 is 16.2 Å². The second-order valence-corrected chi connectivity index (χ2v) is 4.83. The molecule has 0 N–H and O–H groups in total. The lowest BCUT2D eigenvalue weighted by molar-refractivity contribution is -0.142. The molecule has 1 fully saturated rings. The highest BCUT2D eigenvalue weighted by Crippen LogP contribution is 2.36. The highest BCUT2D eigenvalue weighted by molar-refractivity contribution is 7.87. The minimum Gasteiger partial charge on any atom is -0.469 e. The van der Waals surface area contributed by atoms with Gasteiger partial charge in [0, 0.05) is 6.42 Å². The van der Waals surface area contributed by atoms with E-state index in [1.54, 1.807) is 0 Å². The summed E-state index contributed by atoms with van der Waals surface area (Å²) >= 11 is 0. The summed E-state index contributed by atoms with van der Waals surface area (Å²) in [6, 6.07) is 0. The lowest BCUT2D eigenvalue weighted by Crippen LogP contribution is -2.35. The van der Waals surface area contributed by atoms with Crippen LogP contribution in [-0.2, 0) is 19.8 Å². The smallest absolute Gasteiger partial charge is 0.305 e. The van der Waals surface area contributed by atoms with E-state index in [1.807, 2.05) is 0 Å². The van der Waals surface area contributed by atoms with Crippen LogP contribution in [0.25, 0.3) is 0 Å². The number of methoxy groups -OCH3 is 1. The van der Waals surface area contributed by atoms with E-state index in [1.165, 1.54) is 7.11 Å². The molecule has 0 aromatic rings. The van der Waals surface area contributed by atoms with E-state index in [0.29, 0.717) is 0 Å². The van der Waals surface area contributed by atoms with Crippen LogP contribution in [0, 0.1) is 5.92 Å². The van der Waals surface area contributed by atoms with Gasteiger partial charge in [0.15, 0.2) is 0 Å². The van der Waals surface area contributed by atoms with Crippen molar-refractivity contribution in [3.63, 3.8) is 0 Å². The van der Waals surface area contributed by atoms with Gasteiger partial charge in [0.1, 0.15) is 0 Å². The molecule has 0 heterocycles. The summed E-state index contributed by atoms with van der Waals surface area (Å²) < 4.78 is 37.3. The van der Waals surface area contributed by atoms with Gasteiger partial charge in [0.2, 0.25) is 0 Å². The topological polar surface area (TPSA) is 60.4 Å². The predicted octanol–water partition coefficient (Wildman–Crippen LogP) is 0.627. The van der Waals surface area contributed by atoms with Crippen molar-refractivity contribution in [1.29, 1.82) is 0 Å². The van der Waals surface area contributed by atoms with Crippen LogP contribution in [0.15, 0.2) is 0 Å². The zero-order valence-corrected chi connectivity index (χ0v) is 8.01. The number of rotatable bonds is 3. The summed E-state index contributed by atoms with van der Waals surface area (Å²) in [6.07, 6.45) is 0.643. The molecule has 0 saturated heterocycles. The Morgan fingerprint density at radius 2 is 2.08 bits per heavy atom. The van der Waals surface area contributed by atoms with Crippen molar-refractivity contribution >= 4 is 16.2 Å². The molecular weight excluding hydrogens is 199 g/mol. The van der Waals surface area contributed by atoms with Gasteiger partial charge in [-0.05, 0) is 18.8 Å². The Bertz CT molecular complexity index is 292. The van der Waals surface area contributed by atoms with E-state index < -0.39 is 15.5 Å². The summed E-state index contributed by atoms with van der Waals surface area (Å²) in [6.45, 7) is 0. The van der Waals surface area contributed by atoms with E-state index in [-0.39, 0.29) is 31.1 Å². The molecule has 0 radical (unpaired) electrons. The molecule has 0 atom stereocenters. The fourth-order valence-corrected chi connectivity index (χ4v) is 2.39. The van der Waals surface area contributed by atoms with Gasteiger partial charge in [-0.25, -0.2) is 0 Å². The van der Waals surface area contributed by atoms with Crippen molar-refractivity contribution < 1.29 is 21.8 Å². The Morgan fingerprint density at radius 3 is 2.46 bits per heavy atom. The lowest BCUT2D eigenvalue weighted by atomic mass is 9.82. The van der Waals surface area contributed by atoms with E-state index in [9.17, 15) is 17.1 Å². The molecule has 6 heteroatoms. The number of carbonyl (C=O) groups excluding carboxylic acids is 1. The summed E-state index contributed by atoms with van der Waals surface area (Å²) in [5.74, 6) is -0.414. The Morgan fingerprint density at radius 1 is 1.54 bits per heavy atom. The van der Waals surface area contributed by atoms with E-state index in [0.717, 1.165) is 0 Å². The molecular formula is C7H11FO4S. The largest absolute Gasteiger partial charge is 0.469 e. The standard InChI is InChI=1S/C7H11FO4S/c1-12-7(9)4-5-2-6(3-5)13(8,10)11/h5-6H,2-4H2,1H3. The maximum Gasteiger partial charge on any atom is 0.305 e. The number of hydrogen-bond donors (Lipinski definition) is 0. The highest BCUT2D eigenvalue weighted by Gasteiger charge is 2.39. The third kappa shape index (κ3) is 2.65. The molecule has 4 nitrogen and oxygen atoms in total. The maximum absolute atomic E-state index is 12.3. The zero-order chi connectivity index (χ0) is 10.1. The van der Waals surface area contributed by atoms with E-state index in [4.69, 9.17) is 0 Å². The number of ether oxygens (including phenoxy) is 1. The van der Waals surface area contributed by atoms with Crippen LogP contribution in [0.1, 0.15) is 19.3 Å². The fraction of sp³-hybridized carbons (Fsp3) is 0.857. The van der Waals surface area contributed by atoms with Crippen molar-refractivity contribution in [2.75, 3.05) is 7.11 Å². The third-order valence-electron chi connectivity index (χ3n) is 2.27. The first-order valence-electron chi connectivity index (χ1n) is 3.93. The first-order chi connectivity index (χ1) is 5.93. The van der Waals surface area contributed by atoms with Crippen molar-refractivity contribution in [2.45, 2.75) is 24.5 Å². The number of esters is 1. The van der Waals surface area contributed by atoms with Crippen LogP contribution in [-0.4, -0.2) is 26.7 Å². The first kappa shape index (κ1) is 10.4. The van der Waals surface area contributed by atoms with Crippen molar-refractivity contribution in [3.8, 4) is 0 Å². The van der Waals surface area contributed by atoms with Gasteiger partial charge in [0.25, 0.3) is 0 Å². The monoisotopic (exact) mass is 210 g/mol. The average molecular weight is 210 g/mol. The van der Waals surface area contributed by atoms with Crippen molar-refractivity contribution in [3.05, 3.63) is 0 Å². The van der Waals surface area contributed by atoms with Gasteiger partial charge in [-0.1, -0.05) is 0 Å². The molecule has 1 aliphatic rings. The van der Waals surface area contributed by atoms with Gasteiger partial charge in [-0.15, -0.1) is 3.89 Å². The number of hydrogen-bond acceptors (Lipinski definition) is 4. The molecule has 13 heavy (non-hydrogen) atoms. The van der Waals surface area contributed by atoms with Crippen molar-refractivity contribution in [2.24, 2.45) is 5.92 Å². The molecule has 0 aromatic heterocycles. The third-order valence-corrected chi connectivity index (χ3v) is 3.45. The Hall–Kier alpha value is -0.650. The van der Waals surface area contributed by atoms with Gasteiger partial charge in [-0.3, -0.25) is 4.79 Å². The molecule has 0 aliphatic heterocycles. The Labute approximate surface area is 76.3 Å². The number of halogens is 1. The van der Waals surface area contributed by atoms with E-state index >= 15 is 0 Å². The molecule has 0 unspecified atom stereocenters. The minimum absolute atomic E-state index is 0.0389. The molecule has 0 amide bonds. The van der Waals surface area contributed by atoms with E-state index in [2.05, 4.69) is 4.74 Å². The maximum atomic E-state index is 12.3. The molecule has 1 aliphatic carbocycles. The van der Waals surface area contributed by atoms with Crippen LogP contribution in [0.4, 0.5) is 3.89 Å². The van der Waals surface area contributed by atoms with Gasteiger partial charge in [0.05, 0.1) is 12.4 Å². The Balaban J connectivity index is 2.31. The number of carbonyl (C=O) groups is 1. The van der Waals surface area contributed by atoms with Crippen LogP contribution in [0.5, 0.6) is 0 Å². The SMILES string of the molecule is COC(=O)CC1CC(S(=O)(=O)F)C1. The predicted molar refractivity (Wildman–Crippen MR) is 43.2 cm³/mol. The van der Waals surface area contributed by atoms with Crippen LogP contribution in [0.2, 0.25) is 0 Å². The molecule has 1 saturated carbocycles. The molecule has 0 aromatic carbocycles. The lowest BCUT2D eigenvalue weighted by Gasteiger charge is -2.31. The Kier molecular flexibility index (Phi) is 2.90. The average Bonchev–Trinajstić information content (AvgIpc) is 1.92. The van der Waals surface area contributed by atoms with Crippen LogP contribution in [0.3, 0.4) is 0 Å². The molecule has 0 bridgehead atoms. The summed E-state index contributed by atoms with van der Waals surface area (Å²) in [4.78, 5) is 10.7.